The number of hydrogen-bond donors (Lipinski definition) is 1. The second-order valence-corrected chi connectivity index (χ2v) is 13.9. The highest BCUT2D eigenvalue weighted by Crippen LogP contribution is 2.49. The number of likely N-dealkylation sites (tertiary alicyclic amines) is 1. The maximum atomic E-state index is 13.0. The van der Waals surface area contributed by atoms with Gasteiger partial charge in [0, 0.05) is 28.7 Å². The molecule has 0 radical (unpaired) electrons. The van der Waals surface area contributed by atoms with E-state index in [4.69, 9.17) is 23.8 Å². The van der Waals surface area contributed by atoms with E-state index in [2.05, 4.69) is 64.7 Å². The number of benzene rings is 3. The molecule has 1 atom stereocenters. The lowest BCUT2D eigenvalue weighted by Crippen LogP contribution is -2.41. The van der Waals surface area contributed by atoms with E-state index in [9.17, 15) is 4.79 Å². The molecular weight excluding hydrogens is 565 g/mol. The van der Waals surface area contributed by atoms with Gasteiger partial charge in [0.1, 0.15) is 23.9 Å². The summed E-state index contributed by atoms with van der Waals surface area (Å²) in [6.45, 7) is 13.6. The SMILES string of the molecule is CC1(C)c2ccc(B3OC(C)(C)C(C)(C)O3)cc2Oc2ccc(-c3ncc([C@@H]4CCCN4C(=O)OCc4ccccc4)[nH]3)cc21. The van der Waals surface area contributed by atoms with Gasteiger partial charge in [-0.3, -0.25) is 4.90 Å². The van der Waals surface area contributed by atoms with Gasteiger partial charge in [0.05, 0.1) is 29.1 Å². The van der Waals surface area contributed by atoms with Crippen LogP contribution in [0, 0.1) is 0 Å². The van der Waals surface area contributed by atoms with Crippen molar-refractivity contribution in [1.82, 2.24) is 14.9 Å². The number of aromatic nitrogens is 2. The number of hydrogen-bond acceptors (Lipinski definition) is 6. The van der Waals surface area contributed by atoms with Crippen LogP contribution in [0.2, 0.25) is 0 Å². The lowest BCUT2D eigenvalue weighted by molar-refractivity contribution is 0.00578. The van der Waals surface area contributed by atoms with Gasteiger partial charge in [0.15, 0.2) is 0 Å². The molecule has 0 saturated carbocycles. The van der Waals surface area contributed by atoms with Crippen LogP contribution in [0.15, 0.2) is 72.9 Å². The van der Waals surface area contributed by atoms with Crippen molar-refractivity contribution < 1.29 is 23.6 Å². The highest BCUT2D eigenvalue weighted by Gasteiger charge is 2.52. The molecular formula is C36H40BN3O5. The van der Waals surface area contributed by atoms with Crippen LogP contribution in [0.3, 0.4) is 0 Å². The van der Waals surface area contributed by atoms with Crippen molar-refractivity contribution in [2.24, 2.45) is 0 Å². The van der Waals surface area contributed by atoms with Crippen molar-refractivity contribution in [1.29, 1.82) is 0 Å². The number of ether oxygens (including phenoxy) is 2. The number of carbonyl (C=O) groups is 1. The van der Waals surface area contributed by atoms with E-state index in [0.29, 0.717) is 6.54 Å². The summed E-state index contributed by atoms with van der Waals surface area (Å²) in [5.41, 5.74) is 4.83. The first kappa shape index (κ1) is 29.6. The minimum Gasteiger partial charge on any atom is -0.457 e. The van der Waals surface area contributed by atoms with Crippen molar-refractivity contribution in [3.63, 3.8) is 0 Å². The summed E-state index contributed by atoms with van der Waals surface area (Å²) >= 11 is 0. The molecule has 3 aromatic carbocycles. The van der Waals surface area contributed by atoms with E-state index in [0.717, 1.165) is 63.6 Å². The van der Waals surface area contributed by atoms with Crippen molar-refractivity contribution in [2.75, 3.05) is 6.54 Å². The Labute approximate surface area is 265 Å². The van der Waals surface area contributed by atoms with Gasteiger partial charge in [-0.15, -0.1) is 0 Å². The number of H-pyrrole nitrogens is 1. The third-order valence-electron chi connectivity index (χ3n) is 10.00. The van der Waals surface area contributed by atoms with E-state index in [1.807, 2.05) is 54.7 Å². The Kier molecular flexibility index (Phi) is 7.09. The number of carbonyl (C=O) groups excluding carboxylic acids is 1. The van der Waals surface area contributed by atoms with E-state index in [1.165, 1.54) is 0 Å². The lowest BCUT2D eigenvalue weighted by atomic mass is 9.72. The van der Waals surface area contributed by atoms with Crippen molar-refractivity contribution in [2.45, 2.75) is 83.6 Å². The fourth-order valence-electron chi connectivity index (χ4n) is 6.55. The summed E-state index contributed by atoms with van der Waals surface area (Å²) in [5.74, 6) is 2.39. The molecule has 7 rings (SSSR count). The largest absolute Gasteiger partial charge is 0.494 e. The molecule has 0 unspecified atom stereocenters. The van der Waals surface area contributed by atoms with Crippen LogP contribution >= 0.6 is 0 Å². The first-order chi connectivity index (χ1) is 21.4. The number of nitrogens with zero attached hydrogens (tertiary/aromatic N) is 2. The van der Waals surface area contributed by atoms with E-state index in [-0.39, 0.29) is 24.2 Å². The second-order valence-electron chi connectivity index (χ2n) is 13.9. The highest BCUT2D eigenvalue weighted by atomic mass is 16.7. The molecule has 3 aliphatic heterocycles. The molecule has 4 heterocycles. The van der Waals surface area contributed by atoms with Gasteiger partial charge in [-0.05, 0) is 75.8 Å². The molecule has 232 valence electrons. The molecule has 4 aromatic rings. The summed E-state index contributed by atoms with van der Waals surface area (Å²) in [6.07, 6.45) is 3.32. The van der Waals surface area contributed by atoms with Crippen LogP contribution in [0.4, 0.5) is 4.79 Å². The molecule has 9 heteroatoms. The van der Waals surface area contributed by atoms with Crippen molar-refractivity contribution in [3.05, 3.63) is 95.3 Å². The van der Waals surface area contributed by atoms with E-state index < -0.39 is 18.3 Å². The van der Waals surface area contributed by atoms with Crippen LogP contribution in [-0.4, -0.2) is 45.8 Å². The zero-order valence-corrected chi connectivity index (χ0v) is 26.8. The normalized spacial score (nSPS) is 20.8. The second kappa shape index (κ2) is 10.8. The fraction of sp³-hybridized carbons (Fsp3) is 0.389. The molecule has 1 amide bonds. The first-order valence-electron chi connectivity index (χ1n) is 15.8. The first-order valence-corrected chi connectivity index (χ1v) is 15.8. The van der Waals surface area contributed by atoms with Gasteiger partial charge >= 0.3 is 13.2 Å². The predicted molar refractivity (Wildman–Crippen MR) is 174 cm³/mol. The third-order valence-corrected chi connectivity index (χ3v) is 10.00. The zero-order chi connectivity index (χ0) is 31.6. The van der Waals surface area contributed by atoms with Gasteiger partial charge in [-0.1, -0.05) is 56.3 Å². The monoisotopic (exact) mass is 605 g/mol. The number of imidazole rings is 1. The summed E-state index contributed by atoms with van der Waals surface area (Å²) in [5, 5.41) is 0. The van der Waals surface area contributed by atoms with Gasteiger partial charge < -0.3 is 23.8 Å². The highest BCUT2D eigenvalue weighted by molar-refractivity contribution is 6.62. The standard InChI is InChI=1S/C36H40BN3O5/c1-34(2)26-16-15-25(37-44-35(3,4)36(5,6)45-37)20-31(26)43-30-17-14-24(19-27(30)34)32-38-21-28(39-32)29-13-10-18-40(29)33(41)42-22-23-11-8-7-9-12-23/h7-9,11-12,14-17,19-21,29H,10,13,18,22H2,1-6H3,(H,38,39)/t29-/m0/s1. The smallest absolute Gasteiger partial charge is 0.457 e. The fourth-order valence-corrected chi connectivity index (χ4v) is 6.55. The molecule has 0 spiro atoms. The number of rotatable bonds is 5. The Bertz CT molecular complexity index is 1730. The minimum atomic E-state index is -0.453. The van der Waals surface area contributed by atoms with Gasteiger partial charge in [-0.2, -0.15) is 0 Å². The van der Waals surface area contributed by atoms with Crippen LogP contribution in [0.5, 0.6) is 11.5 Å². The van der Waals surface area contributed by atoms with Crippen LogP contribution in [0.1, 0.15) is 82.8 Å². The molecule has 1 N–H and O–H groups in total. The predicted octanol–water partition coefficient (Wildman–Crippen LogP) is 7.28. The summed E-state index contributed by atoms with van der Waals surface area (Å²) in [7, 11) is -0.453. The van der Waals surface area contributed by atoms with Gasteiger partial charge in [0.25, 0.3) is 0 Å². The minimum absolute atomic E-state index is 0.100. The Hall–Kier alpha value is -4.08. The van der Waals surface area contributed by atoms with E-state index >= 15 is 0 Å². The molecule has 1 aromatic heterocycles. The molecule has 2 saturated heterocycles. The number of nitrogens with one attached hydrogen (secondary N) is 1. The molecule has 45 heavy (non-hydrogen) atoms. The summed E-state index contributed by atoms with van der Waals surface area (Å²) < 4.78 is 24.7. The third kappa shape index (κ3) is 5.22. The number of amides is 1. The van der Waals surface area contributed by atoms with E-state index in [1.54, 1.807) is 4.90 Å². The Balaban J connectivity index is 1.10. The average molecular weight is 606 g/mol. The zero-order valence-electron chi connectivity index (χ0n) is 26.8. The van der Waals surface area contributed by atoms with Crippen molar-refractivity contribution in [3.8, 4) is 22.9 Å². The maximum Gasteiger partial charge on any atom is 0.494 e. The molecule has 2 fully saturated rings. The van der Waals surface area contributed by atoms with Crippen LogP contribution in [-0.2, 0) is 26.1 Å². The topological polar surface area (TPSA) is 85.9 Å². The number of aromatic amines is 1. The molecule has 3 aliphatic rings. The number of fused-ring (bicyclic) bond motifs is 2. The molecule has 0 bridgehead atoms. The lowest BCUT2D eigenvalue weighted by Gasteiger charge is -2.35. The maximum absolute atomic E-state index is 13.0. The van der Waals surface area contributed by atoms with Crippen LogP contribution < -0.4 is 10.2 Å². The van der Waals surface area contributed by atoms with Crippen LogP contribution in [0.25, 0.3) is 11.4 Å². The Morgan fingerprint density at radius 2 is 1.71 bits per heavy atom. The Morgan fingerprint density at radius 1 is 0.956 bits per heavy atom. The molecule has 8 nitrogen and oxygen atoms in total. The summed E-state index contributed by atoms with van der Waals surface area (Å²) in [4.78, 5) is 23.1. The van der Waals surface area contributed by atoms with Gasteiger partial charge in [-0.25, -0.2) is 9.78 Å². The van der Waals surface area contributed by atoms with Gasteiger partial charge in [0.2, 0.25) is 0 Å². The van der Waals surface area contributed by atoms with Crippen molar-refractivity contribution >= 4 is 18.7 Å². The Morgan fingerprint density at radius 3 is 2.47 bits per heavy atom. The summed E-state index contributed by atoms with van der Waals surface area (Å²) in [6, 6.07) is 22.1. The quantitative estimate of drug-likeness (QED) is 0.241. The average Bonchev–Trinajstić information content (AvgIpc) is 3.74. The molecule has 0 aliphatic carbocycles.